The van der Waals surface area contributed by atoms with Gasteiger partial charge in [0.15, 0.2) is 11.2 Å². The molecule has 0 aliphatic rings. The number of carbonyl (C=O) groups excluding carboxylic acids is 1. The number of hydrogen-bond acceptors (Lipinski definition) is 8. The zero-order valence-corrected chi connectivity index (χ0v) is 16.7. The van der Waals surface area contributed by atoms with E-state index in [1.54, 1.807) is 24.3 Å². The SMILES string of the molecule is Nc1nc2ncc(CNc3ccc(C(=O)NCCCCCC(=O)O)cc3)nc2c(=O)[nH]1. The van der Waals surface area contributed by atoms with Crippen LogP contribution >= 0.6 is 0 Å². The van der Waals surface area contributed by atoms with Crippen molar-refractivity contribution in [3.05, 3.63) is 52.1 Å². The van der Waals surface area contributed by atoms with Gasteiger partial charge < -0.3 is 21.5 Å². The van der Waals surface area contributed by atoms with Crippen LogP contribution in [0.2, 0.25) is 0 Å². The highest BCUT2D eigenvalue weighted by Crippen LogP contribution is 2.12. The van der Waals surface area contributed by atoms with Crippen molar-refractivity contribution in [1.29, 1.82) is 0 Å². The van der Waals surface area contributed by atoms with Gasteiger partial charge in [-0.05, 0) is 37.1 Å². The van der Waals surface area contributed by atoms with Crippen LogP contribution in [0.25, 0.3) is 11.2 Å². The predicted molar refractivity (Wildman–Crippen MR) is 115 cm³/mol. The van der Waals surface area contributed by atoms with E-state index in [0.29, 0.717) is 30.8 Å². The van der Waals surface area contributed by atoms with E-state index >= 15 is 0 Å². The van der Waals surface area contributed by atoms with E-state index < -0.39 is 11.5 Å². The molecule has 0 atom stereocenters. The first-order valence-corrected chi connectivity index (χ1v) is 9.78. The Hall–Kier alpha value is -4.02. The van der Waals surface area contributed by atoms with Gasteiger partial charge in [0.2, 0.25) is 5.95 Å². The van der Waals surface area contributed by atoms with Crippen molar-refractivity contribution in [2.75, 3.05) is 17.6 Å². The number of hydrogen-bond donors (Lipinski definition) is 5. The molecule has 31 heavy (non-hydrogen) atoms. The standard InChI is InChI=1S/C20H23N7O4/c21-20-26-17-16(19(31)27-20)25-14(11-24-17)10-23-13-7-5-12(6-8-13)18(30)22-9-3-1-2-4-15(28)29/h5-8,11,23H,1-4,9-10H2,(H,22,30)(H,28,29)(H3,21,24,26,27,31). The summed E-state index contributed by atoms with van der Waals surface area (Å²) in [5.41, 5.74) is 7.19. The minimum atomic E-state index is -0.804. The fraction of sp³-hybridized carbons (Fsp3) is 0.300. The first-order chi connectivity index (χ1) is 14.9. The van der Waals surface area contributed by atoms with Gasteiger partial charge in [-0.25, -0.2) is 9.97 Å². The maximum absolute atomic E-state index is 12.2. The normalized spacial score (nSPS) is 10.7. The van der Waals surface area contributed by atoms with Gasteiger partial charge >= 0.3 is 5.97 Å². The molecule has 0 bridgehead atoms. The molecule has 0 saturated heterocycles. The zero-order valence-electron chi connectivity index (χ0n) is 16.7. The average molecular weight is 425 g/mol. The van der Waals surface area contributed by atoms with Crippen LogP contribution in [0, 0.1) is 0 Å². The monoisotopic (exact) mass is 425 g/mol. The summed E-state index contributed by atoms with van der Waals surface area (Å²) in [4.78, 5) is 49.2. The number of aromatic amines is 1. The lowest BCUT2D eigenvalue weighted by molar-refractivity contribution is -0.137. The van der Waals surface area contributed by atoms with E-state index in [-0.39, 0.29) is 29.4 Å². The molecule has 0 aliphatic carbocycles. The lowest BCUT2D eigenvalue weighted by atomic mass is 10.1. The molecule has 0 fully saturated rings. The number of aromatic nitrogens is 4. The number of fused-ring (bicyclic) bond motifs is 1. The Bertz CT molecular complexity index is 1130. The molecule has 0 saturated carbocycles. The van der Waals surface area contributed by atoms with Crippen LogP contribution in [-0.4, -0.2) is 43.5 Å². The molecule has 11 heteroatoms. The molecule has 2 aromatic heterocycles. The highest BCUT2D eigenvalue weighted by molar-refractivity contribution is 5.94. The number of nitrogens with one attached hydrogen (secondary N) is 3. The van der Waals surface area contributed by atoms with Crippen LogP contribution < -0.4 is 21.9 Å². The number of unbranched alkanes of at least 4 members (excludes halogenated alkanes) is 2. The smallest absolute Gasteiger partial charge is 0.303 e. The summed E-state index contributed by atoms with van der Waals surface area (Å²) in [6.45, 7) is 0.827. The van der Waals surface area contributed by atoms with Crippen LogP contribution in [0.3, 0.4) is 0 Å². The number of benzene rings is 1. The third-order valence-corrected chi connectivity index (χ3v) is 4.46. The largest absolute Gasteiger partial charge is 0.481 e. The molecule has 1 aromatic carbocycles. The number of carbonyl (C=O) groups is 2. The Morgan fingerprint density at radius 1 is 1.10 bits per heavy atom. The molecule has 11 nitrogen and oxygen atoms in total. The van der Waals surface area contributed by atoms with Crippen molar-refractivity contribution < 1.29 is 14.7 Å². The number of nitrogen functional groups attached to an aromatic ring is 1. The second-order valence-corrected chi connectivity index (χ2v) is 6.88. The molecular formula is C20H23N7O4. The van der Waals surface area contributed by atoms with Gasteiger partial charge in [-0.15, -0.1) is 0 Å². The van der Waals surface area contributed by atoms with Crippen molar-refractivity contribution in [2.45, 2.75) is 32.2 Å². The number of nitrogens with zero attached hydrogens (tertiary/aromatic N) is 3. The number of carboxylic acids is 1. The topological polar surface area (TPSA) is 176 Å². The molecule has 0 aliphatic heterocycles. The molecule has 0 radical (unpaired) electrons. The summed E-state index contributed by atoms with van der Waals surface area (Å²) in [5, 5.41) is 14.6. The fourth-order valence-corrected chi connectivity index (χ4v) is 2.87. The van der Waals surface area contributed by atoms with Gasteiger partial charge in [0.1, 0.15) is 0 Å². The number of amides is 1. The van der Waals surface area contributed by atoms with Crippen molar-refractivity contribution in [3.8, 4) is 0 Å². The number of anilines is 2. The maximum Gasteiger partial charge on any atom is 0.303 e. The quantitative estimate of drug-likeness (QED) is 0.299. The summed E-state index contributed by atoms with van der Waals surface area (Å²) < 4.78 is 0. The van der Waals surface area contributed by atoms with E-state index in [0.717, 1.165) is 18.5 Å². The van der Waals surface area contributed by atoms with E-state index in [1.165, 1.54) is 6.20 Å². The molecule has 1 amide bonds. The third kappa shape index (κ3) is 6.23. The van der Waals surface area contributed by atoms with Gasteiger partial charge in [0, 0.05) is 24.2 Å². The minimum Gasteiger partial charge on any atom is -0.481 e. The summed E-state index contributed by atoms with van der Waals surface area (Å²) in [6.07, 6.45) is 3.75. The predicted octanol–water partition coefficient (Wildman–Crippen LogP) is 1.28. The maximum atomic E-state index is 12.2. The summed E-state index contributed by atoms with van der Waals surface area (Å²) in [7, 11) is 0. The van der Waals surface area contributed by atoms with Crippen LogP contribution in [-0.2, 0) is 11.3 Å². The second-order valence-electron chi connectivity index (χ2n) is 6.88. The van der Waals surface area contributed by atoms with E-state index in [4.69, 9.17) is 10.8 Å². The lowest BCUT2D eigenvalue weighted by Crippen LogP contribution is -2.24. The molecular weight excluding hydrogens is 402 g/mol. The number of carboxylic acid groups (broad SMARTS) is 1. The number of rotatable bonds is 10. The van der Waals surface area contributed by atoms with Crippen LogP contribution in [0.15, 0.2) is 35.3 Å². The third-order valence-electron chi connectivity index (χ3n) is 4.46. The Balaban J connectivity index is 1.49. The lowest BCUT2D eigenvalue weighted by Gasteiger charge is -2.08. The molecule has 0 unspecified atom stereocenters. The summed E-state index contributed by atoms with van der Waals surface area (Å²) in [6, 6.07) is 6.94. The first kappa shape index (κ1) is 21.7. The van der Waals surface area contributed by atoms with Crippen LogP contribution in [0.4, 0.5) is 11.6 Å². The Kier molecular flexibility index (Phi) is 7.09. The summed E-state index contributed by atoms with van der Waals surface area (Å²) >= 11 is 0. The van der Waals surface area contributed by atoms with E-state index in [9.17, 15) is 14.4 Å². The van der Waals surface area contributed by atoms with Gasteiger partial charge in [-0.3, -0.25) is 19.4 Å². The van der Waals surface area contributed by atoms with Gasteiger partial charge in [-0.1, -0.05) is 6.42 Å². The Morgan fingerprint density at radius 2 is 1.87 bits per heavy atom. The minimum absolute atomic E-state index is 0.0139. The van der Waals surface area contributed by atoms with Gasteiger partial charge in [-0.2, -0.15) is 4.98 Å². The first-order valence-electron chi connectivity index (χ1n) is 9.78. The van der Waals surface area contributed by atoms with E-state index in [1.807, 2.05) is 0 Å². The number of nitrogens with two attached hydrogens (primary N) is 1. The molecule has 3 aromatic rings. The van der Waals surface area contributed by atoms with Crippen molar-refractivity contribution in [2.24, 2.45) is 0 Å². The summed E-state index contributed by atoms with van der Waals surface area (Å²) in [5.74, 6) is -1.00. The molecule has 2 heterocycles. The fourth-order valence-electron chi connectivity index (χ4n) is 2.87. The van der Waals surface area contributed by atoms with Gasteiger partial charge in [0.05, 0.1) is 18.4 Å². The van der Waals surface area contributed by atoms with Crippen molar-refractivity contribution in [1.82, 2.24) is 25.3 Å². The number of aliphatic carboxylic acids is 1. The van der Waals surface area contributed by atoms with Crippen LogP contribution in [0.5, 0.6) is 0 Å². The Morgan fingerprint density at radius 3 is 2.61 bits per heavy atom. The molecule has 0 spiro atoms. The Labute approximate surface area is 177 Å². The second kappa shape index (κ2) is 10.1. The van der Waals surface area contributed by atoms with Crippen molar-refractivity contribution >= 4 is 34.7 Å². The van der Waals surface area contributed by atoms with Gasteiger partial charge in [0.25, 0.3) is 11.5 Å². The molecule has 6 N–H and O–H groups in total. The van der Waals surface area contributed by atoms with Crippen molar-refractivity contribution in [3.63, 3.8) is 0 Å². The number of H-pyrrole nitrogens is 1. The van der Waals surface area contributed by atoms with E-state index in [2.05, 4.69) is 30.6 Å². The van der Waals surface area contributed by atoms with Crippen LogP contribution in [0.1, 0.15) is 41.7 Å². The average Bonchev–Trinajstić information content (AvgIpc) is 2.75. The molecule has 162 valence electrons. The zero-order chi connectivity index (χ0) is 22.2. The highest BCUT2D eigenvalue weighted by atomic mass is 16.4. The molecule has 3 rings (SSSR count). The highest BCUT2D eigenvalue weighted by Gasteiger charge is 2.08.